The van der Waals surface area contributed by atoms with E-state index >= 15 is 0 Å². The molecule has 9 nitrogen and oxygen atoms in total. The van der Waals surface area contributed by atoms with Gasteiger partial charge in [0.25, 0.3) is 5.91 Å². The number of aromatic amines is 1. The maximum atomic E-state index is 12.7. The van der Waals surface area contributed by atoms with E-state index in [1.807, 2.05) is 38.2 Å². The number of aromatic nitrogens is 4. The summed E-state index contributed by atoms with van der Waals surface area (Å²) in [5, 5.41) is 20.0. The molecule has 4 N–H and O–H groups in total. The fourth-order valence-corrected chi connectivity index (χ4v) is 4.02. The number of pyridine rings is 1. The Labute approximate surface area is 197 Å². The number of nitrogens with one attached hydrogen (secondary N) is 3. The molecule has 3 aromatic heterocycles. The number of alkyl halides is 3. The van der Waals surface area contributed by atoms with E-state index in [9.17, 15) is 18.0 Å². The number of anilines is 1. The molecule has 0 spiro atoms. The lowest BCUT2D eigenvalue weighted by Gasteiger charge is -2.06. The van der Waals surface area contributed by atoms with E-state index < -0.39 is 12.1 Å². The highest BCUT2D eigenvalue weighted by Crippen LogP contribution is 2.27. The fourth-order valence-electron chi connectivity index (χ4n) is 4.02. The number of carbonyl (C=O) groups excluding carboxylic acids is 1. The molecule has 35 heavy (non-hydrogen) atoms. The standard InChI is InChI=1S/C21H22N6O.C2HF3O2/c1-12-15-6-5-13(9-19(15)27(2)26-12)21(28)25-20-10-17-14(11-23-20)8-18(24-17)16-4-3-7-22-16;3-2(4,5)1(6)7/h5-6,8-11,16,22,24H,3-4,7H2,1-2H3,(H,23,25,28);(H,6,7)/t16-;/m1./s1. The van der Waals surface area contributed by atoms with E-state index in [2.05, 4.69) is 31.8 Å². The Morgan fingerprint density at radius 2 is 1.97 bits per heavy atom. The third kappa shape index (κ3) is 5.27. The zero-order valence-corrected chi connectivity index (χ0v) is 18.9. The normalized spacial score (nSPS) is 15.7. The van der Waals surface area contributed by atoms with Gasteiger partial charge in [0.15, 0.2) is 0 Å². The summed E-state index contributed by atoms with van der Waals surface area (Å²) >= 11 is 0. The number of fused-ring (bicyclic) bond motifs is 2. The van der Waals surface area contributed by atoms with Crippen LogP contribution < -0.4 is 10.6 Å². The number of hydrogen-bond donors (Lipinski definition) is 4. The first-order chi connectivity index (χ1) is 16.5. The molecule has 1 atom stereocenters. The lowest BCUT2D eigenvalue weighted by Crippen LogP contribution is -2.21. The highest BCUT2D eigenvalue weighted by Gasteiger charge is 2.38. The number of aryl methyl sites for hydroxylation is 2. The summed E-state index contributed by atoms with van der Waals surface area (Å²) in [6.07, 6.45) is -0.951. The molecule has 1 saturated heterocycles. The second-order valence-corrected chi connectivity index (χ2v) is 8.23. The van der Waals surface area contributed by atoms with Crippen LogP contribution in [-0.2, 0) is 11.8 Å². The van der Waals surface area contributed by atoms with Crippen molar-refractivity contribution in [1.29, 1.82) is 0 Å². The van der Waals surface area contributed by atoms with E-state index in [4.69, 9.17) is 9.90 Å². The third-order valence-electron chi connectivity index (χ3n) is 5.74. The van der Waals surface area contributed by atoms with Gasteiger partial charge in [-0.3, -0.25) is 9.48 Å². The highest BCUT2D eigenvalue weighted by molar-refractivity contribution is 6.06. The molecule has 0 aliphatic carbocycles. The molecule has 0 bridgehead atoms. The first-order valence-electron chi connectivity index (χ1n) is 10.8. The Hall–Kier alpha value is -3.93. The van der Waals surface area contributed by atoms with Gasteiger partial charge < -0.3 is 20.7 Å². The molecular formula is C23H23F3N6O3. The molecule has 0 unspecified atom stereocenters. The monoisotopic (exact) mass is 488 g/mol. The average Bonchev–Trinajstić information content (AvgIpc) is 3.53. The first-order valence-corrected chi connectivity index (χ1v) is 10.8. The summed E-state index contributed by atoms with van der Waals surface area (Å²) in [5.74, 6) is -2.41. The molecule has 5 rings (SSSR count). The Kier molecular flexibility index (Phi) is 6.48. The van der Waals surface area contributed by atoms with Crippen LogP contribution in [0.3, 0.4) is 0 Å². The van der Waals surface area contributed by atoms with E-state index in [-0.39, 0.29) is 5.91 Å². The topological polar surface area (TPSA) is 125 Å². The zero-order chi connectivity index (χ0) is 25.3. The highest BCUT2D eigenvalue weighted by atomic mass is 19.4. The van der Waals surface area contributed by atoms with Gasteiger partial charge in [-0.2, -0.15) is 18.3 Å². The average molecular weight is 488 g/mol. The van der Waals surface area contributed by atoms with Gasteiger partial charge >= 0.3 is 12.1 Å². The van der Waals surface area contributed by atoms with E-state index in [0.29, 0.717) is 17.4 Å². The smallest absolute Gasteiger partial charge is 0.475 e. The molecule has 1 aromatic carbocycles. The van der Waals surface area contributed by atoms with Gasteiger partial charge in [0.05, 0.1) is 16.7 Å². The maximum absolute atomic E-state index is 12.7. The van der Waals surface area contributed by atoms with Crippen molar-refractivity contribution in [1.82, 2.24) is 25.1 Å². The fraction of sp³-hybridized carbons (Fsp3) is 0.304. The van der Waals surface area contributed by atoms with Crippen molar-refractivity contribution in [2.75, 3.05) is 11.9 Å². The first kappa shape index (κ1) is 24.2. The second kappa shape index (κ2) is 9.37. The third-order valence-corrected chi connectivity index (χ3v) is 5.74. The van der Waals surface area contributed by atoms with Crippen LogP contribution in [0.4, 0.5) is 19.0 Å². The minimum absolute atomic E-state index is 0.183. The molecule has 4 heterocycles. The number of H-pyrrole nitrogens is 1. The van der Waals surface area contributed by atoms with Crippen molar-refractivity contribution < 1.29 is 27.9 Å². The van der Waals surface area contributed by atoms with Crippen molar-refractivity contribution in [3.63, 3.8) is 0 Å². The van der Waals surface area contributed by atoms with E-state index in [0.717, 1.165) is 40.5 Å². The molecule has 184 valence electrons. The van der Waals surface area contributed by atoms with Gasteiger partial charge in [-0.1, -0.05) is 6.07 Å². The van der Waals surface area contributed by atoms with Gasteiger partial charge in [0, 0.05) is 47.4 Å². The molecule has 0 radical (unpaired) electrons. The van der Waals surface area contributed by atoms with Crippen LogP contribution in [0.2, 0.25) is 0 Å². The van der Waals surface area contributed by atoms with Crippen LogP contribution >= 0.6 is 0 Å². The largest absolute Gasteiger partial charge is 0.490 e. The summed E-state index contributed by atoms with van der Waals surface area (Å²) in [6, 6.07) is 10.0. The molecule has 0 saturated carbocycles. The molecular weight excluding hydrogens is 465 g/mol. The number of amides is 1. The molecule has 1 aliphatic rings. The number of carboxylic acid groups (broad SMARTS) is 1. The number of carboxylic acids is 1. The van der Waals surface area contributed by atoms with Crippen LogP contribution in [-0.4, -0.2) is 49.5 Å². The summed E-state index contributed by atoms with van der Waals surface area (Å²) in [6.45, 7) is 3.02. The van der Waals surface area contributed by atoms with Crippen LogP contribution in [0.5, 0.6) is 0 Å². The van der Waals surface area contributed by atoms with Crippen LogP contribution in [0.25, 0.3) is 21.8 Å². The summed E-state index contributed by atoms with van der Waals surface area (Å²) in [4.78, 5) is 29.5. The quantitative estimate of drug-likeness (QED) is 0.345. The number of rotatable bonds is 3. The SMILES string of the molecule is Cc1nn(C)c2cc(C(=O)Nc3cc4[nH]c([C@H]5CCCN5)cc4cn3)ccc12.O=C(O)C(F)(F)F. The number of nitrogens with zero attached hydrogens (tertiary/aromatic N) is 3. The van der Waals surface area contributed by atoms with Crippen molar-refractivity contribution >= 4 is 39.5 Å². The summed E-state index contributed by atoms with van der Waals surface area (Å²) in [7, 11) is 1.88. The summed E-state index contributed by atoms with van der Waals surface area (Å²) in [5.41, 5.74) is 4.63. The molecule has 12 heteroatoms. The van der Waals surface area contributed by atoms with Gasteiger partial charge in [0.1, 0.15) is 5.82 Å². The number of halogens is 3. The maximum Gasteiger partial charge on any atom is 0.490 e. The number of carbonyl (C=O) groups is 2. The van der Waals surface area contributed by atoms with Crippen LogP contribution in [0.15, 0.2) is 36.5 Å². The van der Waals surface area contributed by atoms with Gasteiger partial charge in [-0.15, -0.1) is 0 Å². The number of benzene rings is 1. The van der Waals surface area contributed by atoms with Crippen molar-refractivity contribution in [3.05, 3.63) is 53.5 Å². The number of hydrogen-bond acceptors (Lipinski definition) is 5. The second-order valence-electron chi connectivity index (χ2n) is 8.23. The van der Waals surface area contributed by atoms with Crippen LogP contribution in [0, 0.1) is 6.92 Å². The molecule has 4 aromatic rings. The molecule has 1 fully saturated rings. The Balaban J connectivity index is 0.000000364. The van der Waals surface area contributed by atoms with E-state index in [1.165, 1.54) is 12.1 Å². The zero-order valence-electron chi connectivity index (χ0n) is 18.9. The van der Waals surface area contributed by atoms with Gasteiger partial charge in [0.2, 0.25) is 0 Å². The Morgan fingerprint density at radius 1 is 1.23 bits per heavy atom. The molecule has 1 aliphatic heterocycles. The Morgan fingerprint density at radius 3 is 2.63 bits per heavy atom. The predicted molar refractivity (Wildman–Crippen MR) is 123 cm³/mol. The lowest BCUT2D eigenvalue weighted by molar-refractivity contribution is -0.192. The van der Waals surface area contributed by atoms with Gasteiger partial charge in [-0.25, -0.2) is 9.78 Å². The number of aliphatic carboxylic acids is 1. The van der Waals surface area contributed by atoms with Gasteiger partial charge in [-0.05, 0) is 44.5 Å². The van der Waals surface area contributed by atoms with Crippen molar-refractivity contribution in [3.8, 4) is 0 Å². The minimum atomic E-state index is -5.08. The summed E-state index contributed by atoms with van der Waals surface area (Å²) < 4.78 is 33.5. The predicted octanol–water partition coefficient (Wildman–Crippen LogP) is 4.07. The Bertz CT molecular complexity index is 1400. The van der Waals surface area contributed by atoms with Crippen LogP contribution in [0.1, 0.15) is 40.6 Å². The van der Waals surface area contributed by atoms with Crippen molar-refractivity contribution in [2.45, 2.75) is 32.0 Å². The van der Waals surface area contributed by atoms with E-state index in [1.54, 1.807) is 10.9 Å². The molecule has 1 amide bonds. The minimum Gasteiger partial charge on any atom is -0.475 e. The lowest BCUT2D eigenvalue weighted by atomic mass is 10.1. The van der Waals surface area contributed by atoms with Crippen molar-refractivity contribution in [2.24, 2.45) is 7.05 Å².